The molecule has 0 spiro atoms. The van der Waals surface area contributed by atoms with Crippen molar-refractivity contribution in [3.63, 3.8) is 0 Å². The average molecular weight is 443 g/mol. The minimum absolute atomic E-state index is 0.245. The fourth-order valence-corrected chi connectivity index (χ4v) is 3.88. The largest absolute Gasteiger partial charge is 0.505 e. The number of rotatable bonds is 6. The molecule has 8 nitrogen and oxygen atoms in total. The molecule has 0 saturated heterocycles. The van der Waals surface area contributed by atoms with Gasteiger partial charge in [-0.3, -0.25) is 14.4 Å². The Kier molecular flexibility index (Phi) is 5.91. The lowest BCUT2D eigenvalue weighted by molar-refractivity contribution is -0.135. The van der Waals surface area contributed by atoms with Gasteiger partial charge in [-0.25, -0.2) is 4.98 Å². The van der Waals surface area contributed by atoms with E-state index in [0.717, 1.165) is 11.1 Å². The topological polar surface area (TPSA) is 132 Å². The Balaban J connectivity index is 1.93. The second-order valence-corrected chi connectivity index (χ2v) is 7.57. The minimum atomic E-state index is -1.22. The SMILES string of the molecule is Cc1nc(C(=O)NCC(=O)O)c(O)c2cc(C(c3ccccc3)c3ccccc3)c(=O)[nH]c12. The number of fused-ring (bicyclic) bond motifs is 1. The maximum atomic E-state index is 13.2. The van der Waals surface area contributed by atoms with Gasteiger partial charge in [0.1, 0.15) is 6.54 Å². The van der Waals surface area contributed by atoms with Gasteiger partial charge in [-0.2, -0.15) is 0 Å². The highest BCUT2D eigenvalue weighted by atomic mass is 16.4. The molecule has 0 saturated carbocycles. The molecule has 8 heteroatoms. The highest BCUT2D eigenvalue weighted by Gasteiger charge is 2.24. The van der Waals surface area contributed by atoms with Crippen molar-refractivity contribution < 1.29 is 19.8 Å². The van der Waals surface area contributed by atoms with Crippen LogP contribution in [0.2, 0.25) is 0 Å². The number of carbonyl (C=O) groups excluding carboxylic acids is 1. The molecule has 0 fully saturated rings. The molecule has 0 radical (unpaired) electrons. The van der Waals surface area contributed by atoms with Crippen molar-refractivity contribution in [1.29, 1.82) is 0 Å². The summed E-state index contributed by atoms with van der Waals surface area (Å²) in [6, 6.07) is 20.6. The van der Waals surface area contributed by atoms with E-state index in [2.05, 4.69) is 15.3 Å². The molecule has 1 amide bonds. The second-order valence-electron chi connectivity index (χ2n) is 7.57. The molecule has 0 atom stereocenters. The summed E-state index contributed by atoms with van der Waals surface area (Å²) in [4.78, 5) is 43.3. The number of aromatic nitrogens is 2. The van der Waals surface area contributed by atoms with Gasteiger partial charge in [-0.15, -0.1) is 0 Å². The Bertz CT molecular complexity index is 1360. The number of nitrogens with zero attached hydrogens (tertiary/aromatic N) is 1. The smallest absolute Gasteiger partial charge is 0.322 e. The number of carboxylic acids is 1. The van der Waals surface area contributed by atoms with E-state index in [4.69, 9.17) is 5.11 Å². The maximum Gasteiger partial charge on any atom is 0.322 e. The lowest BCUT2D eigenvalue weighted by Gasteiger charge is -2.19. The van der Waals surface area contributed by atoms with Crippen molar-refractivity contribution in [1.82, 2.24) is 15.3 Å². The fraction of sp³-hybridized carbons (Fsp3) is 0.120. The molecular weight excluding hydrogens is 422 g/mol. The lowest BCUT2D eigenvalue weighted by Crippen LogP contribution is -2.30. The number of carboxylic acid groups (broad SMARTS) is 1. The Morgan fingerprint density at radius 2 is 1.61 bits per heavy atom. The number of nitrogens with one attached hydrogen (secondary N) is 2. The second kappa shape index (κ2) is 8.96. The normalized spacial score (nSPS) is 11.0. The first kappa shape index (κ1) is 21.8. The molecule has 0 aliphatic carbocycles. The monoisotopic (exact) mass is 443 g/mol. The predicted octanol–water partition coefficient (Wildman–Crippen LogP) is 2.93. The number of hydrogen-bond acceptors (Lipinski definition) is 5. The summed E-state index contributed by atoms with van der Waals surface area (Å²) in [6.45, 7) is 0.981. The van der Waals surface area contributed by atoms with Crippen LogP contribution in [0.5, 0.6) is 5.75 Å². The van der Waals surface area contributed by atoms with Crippen LogP contribution >= 0.6 is 0 Å². The maximum absolute atomic E-state index is 13.2. The summed E-state index contributed by atoms with van der Waals surface area (Å²) in [6.07, 6.45) is 0. The Hall–Kier alpha value is -4.46. The van der Waals surface area contributed by atoms with Crippen LogP contribution in [-0.2, 0) is 4.79 Å². The Morgan fingerprint density at radius 3 is 2.15 bits per heavy atom. The molecule has 0 aliphatic heterocycles. The van der Waals surface area contributed by atoms with Gasteiger partial charge in [-0.1, -0.05) is 60.7 Å². The van der Waals surface area contributed by atoms with Crippen molar-refractivity contribution >= 4 is 22.8 Å². The Labute approximate surface area is 188 Å². The zero-order chi connectivity index (χ0) is 23.5. The number of aromatic hydroxyl groups is 1. The van der Waals surface area contributed by atoms with Gasteiger partial charge in [0.05, 0.1) is 11.2 Å². The zero-order valence-electron chi connectivity index (χ0n) is 17.7. The molecule has 0 aliphatic rings. The summed E-state index contributed by atoms with van der Waals surface area (Å²) in [5.41, 5.74) is 2.13. The zero-order valence-corrected chi connectivity index (χ0v) is 17.7. The third-order valence-corrected chi connectivity index (χ3v) is 5.38. The first-order valence-corrected chi connectivity index (χ1v) is 10.2. The number of aryl methyl sites for hydroxylation is 1. The van der Waals surface area contributed by atoms with E-state index in [-0.39, 0.29) is 16.6 Å². The van der Waals surface area contributed by atoms with Crippen LogP contribution < -0.4 is 10.9 Å². The number of amides is 1. The van der Waals surface area contributed by atoms with E-state index < -0.39 is 30.1 Å². The van der Waals surface area contributed by atoms with Crippen molar-refractivity contribution in [2.75, 3.05) is 6.54 Å². The van der Waals surface area contributed by atoms with Crippen molar-refractivity contribution in [3.8, 4) is 5.75 Å². The van der Waals surface area contributed by atoms with E-state index in [1.165, 1.54) is 0 Å². The predicted molar refractivity (Wildman–Crippen MR) is 123 cm³/mol. The van der Waals surface area contributed by atoms with Crippen LogP contribution in [-0.4, -0.2) is 38.6 Å². The standard InChI is InChI=1S/C25H21N3O5/c1-14-21-18(23(31)22(27-14)25(33)26-13-19(29)30)12-17(24(32)28-21)20(15-8-4-2-5-9-15)16-10-6-3-7-11-16/h2-12,20,31H,13H2,1H3,(H,26,33)(H,28,32)(H,29,30). The molecule has 4 rings (SSSR count). The van der Waals surface area contributed by atoms with Gasteiger partial charge >= 0.3 is 5.97 Å². The van der Waals surface area contributed by atoms with E-state index in [9.17, 15) is 19.5 Å². The Morgan fingerprint density at radius 1 is 1.03 bits per heavy atom. The minimum Gasteiger partial charge on any atom is -0.505 e. The third-order valence-electron chi connectivity index (χ3n) is 5.38. The number of H-pyrrole nitrogens is 1. The van der Waals surface area contributed by atoms with Gasteiger partial charge < -0.3 is 20.5 Å². The molecule has 4 aromatic rings. The van der Waals surface area contributed by atoms with Crippen LogP contribution in [0, 0.1) is 6.92 Å². The van der Waals surface area contributed by atoms with Gasteiger partial charge in [-0.05, 0) is 24.1 Å². The van der Waals surface area contributed by atoms with Crippen LogP contribution in [0.4, 0.5) is 0 Å². The van der Waals surface area contributed by atoms with Gasteiger partial charge in [0, 0.05) is 16.9 Å². The number of benzene rings is 2. The molecular formula is C25H21N3O5. The van der Waals surface area contributed by atoms with Crippen molar-refractivity contribution in [2.24, 2.45) is 0 Å². The summed E-state index contributed by atoms with van der Waals surface area (Å²) in [5.74, 6) is -2.90. The third kappa shape index (κ3) is 4.31. The first-order chi connectivity index (χ1) is 15.9. The summed E-state index contributed by atoms with van der Waals surface area (Å²) in [7, 11) is 0. The molecule has 4 N–H and O–H groups in total. The van der Waals surface area contributed by atoms with E-state index in [0.29, 0.717) is 16.8 Å². The summed E-state index contributed by atoms with van der Waals surface area (Å²) >= 11 is 0. The fourth-order valence-electron chi connectivity index (χ4n) is 3.88. The molecule has 2 aromatic carbocycles. The van der Waals surface area contributed by atoms with Crippen molar-refractivity contribution in [3.05, 3.63) is 105 Å². The summed E-state index contributed by atoms with van der Waals surface area (Å²) < 4.78 is 0. The van der Waals surface area contributed by atoms with Crippen LogP contribution in [0.3, 0.4) is 0 Å². The van der Waals surface area contributed by atoms with Crippen LogP contribution in [0.1, 0.15) is 38.8 Å². The van der Waals surface area contributed by atoms with E-state index in [1.807, 2.05) is 60.7 Å². The van der Waals surface area contributed by atoms with E-state index >= 15 is 0 Å². The number of hydrogen-bond donors (Lipinski definition) is 4. The highest BCUT2D eigenvalue weighted by Crippen LogP contribution is 2.34. The molecule has 0 bridgehead atoms. The average Bonchev–Trinajstić information content (AvgIpc) is 2.82. The number of carbonyl (C=O) groups is 2. The number of pyridine rings is 2. The number of aromatic amines is 1. The quantitative estimate of drug-likeness (QED) is 0.362. The first-order valence-electron chi connectivity index (χ1n) is 10.2. The molecule has 33 heavy (non-hydrogen) atoms. The van der Waals surface area contributed by atoms with Gasteiger partial charge in [0.25, 0.3) is 11.5 Å². The number of aliphatic carboxylic acids is 1. The van der Waals surface area contributed by atoms with Gasteiger partial charge in [0.2, 0.25) is 0 Å². The summed E-state index contributed by atoms with van der Waals surface area (Å²) in [5, 5.41) is 22.1. The molecule has 2 aromatic heterocycles. The van der Waals surface area contributed by atoms with Crippen LogP contribution in [0.15, 0.2) is 71.5 Å². The van der Waals surface area contributed by atoms with Gasteiger partial charge in [0.15, 0.2) is 11.4 Å². The highest BCUT2D eigenvalue weighted by molar-refractivity contribution is 6.02. The van der Waals surface area contributed by atoms with E-state index in [1.54, 1.807) is 13.0 Å². The molecule has 0 unspecified atom stereocenters. The van der Waals surface area contributed by atoms with Crippen LogP contribution in [0.25, 0.3) is 10.9 Å². The lowest BCUT2D eigenvalue weighted by atomic mass is 9.85. The molecule has 166 valence electrons. The van der Waals surface area contributed by atoms with Crippen molar-refractivity contribution in [2.45, 2.75) is 12.8 Å². The molecule has 2 heterocycles.